The lowest BCUT2D eigenvalue weighted by atomic mass is 9.95. The number of morpholine rings is 1. The summed E-state index contributed by atoms with van der Waals surface area (Å²) in [6, 6.07) is 17.7. The van der Waals surface area contributed by atoms with E-state index < -0.39 is 0 Å². The number of carbonyl (C=O) groups excluding carboxylic acids is 1. The highest BCUT2D eigenvalue weighted by Crippen LogP contribution is 2.40. The van der Waals surface area contributed by atoms with Gasteiger partial charge in [0.1, 0.15) is 11.6 Å². The smallest absolute Gasteiger partial charge is 0.246 e. The van der Waals surface area contributed by atoms with Crippen LogP contribution < -0.4 is 14.5 Å². The van der Waals surface area contributed by atoms with E-state index in [0.717, 1.165) is 56.0 Å². The number of piperazine rings is 1. The lowest BCUT2D eigenvalue weighted by Crippen LogP contribution is -2.55. The molecule has 1 aromatic heterocycles. The van der Waals surface area contributed by atoms with Crippen LogP contribution in [-0.2, 0) is 22.5 Å². The number of likely N-dealkylation sites (tertiary alicyclic amines) is 1. The molecular formula is C37H41N7O3. The van der Waals surface area contributed by atoms with Gasteiger partial charge in [-0.05, 0) is 49.3 Å². The standard InChI is InChI=1S/C37H41N7O3/c1-3-34(45)44-17-16-43(21-27(44)11-13-38)36-30-12-15-42(33-10-5-9-26-8-4-7-25(2)35(26)33)23-32(30)40-37(31(36)20-39)46-18-6-14-41-22-29-19-28(41)24-47-29/h3-5,7-10,27-29H,1,6,11-12,14-19,21-24H2,2H3/t27?,28-,29-/m0/s1. The molecule has 0 spiro atoms. The van der Waals surface area contributed by atoms with Crippen molar-refractivity contribution in [3.8, 4) is 18.0 Å². The summed E-state index contributed by atoms with van der Waals surface area (Å²) in [5.41, 5.74) is 5.64. The van der Waals surface area contributed by atoms with Crippen LogP contribution in [0.1, 0.15) is 41.6 Å². The van der Waals surface area contributed by atoms with Crippen LogP contribution in [0, 0.1) is 29.6 Å². The van der Waals surface area contributed by atoms with Gasteiger partial charge in [-0.2, -0.15) is 10.5 Å². The maximum Gasteiger partial charge on any atom is 0.246 e. The summed E-state index contributed by atoms with van der Waals surface area (Å²) in [7, 11) is 0. The van der Waals surface area contributed by atoms with E-state index in [1.807, 2.05) is 0 Å². The van der Waals surface area contributed by atoms with Gasteiger partial charge in [0.25, 0.3) is 0 Å². The minimum absolute atomic E-state index is 0.176. The minimum atomic E-state index is -0.308. The molecule has 3 fully saturated rings. The van der Waals surface area contributed by atoms with Gasteiger partial charge in [0.05, 0.1) is 55.8 Å². The fourth-order valence-electron chi connectivity index (χ4n) is 8.00. The van der Waals surface area contributed by atoms with Crippen molar-refractivity contribution in [3.05, 3.63) is 71.4 Å². The highest BCUT2D eigenvalue weighted by atomic mass is 16.5. The molecule has 4 aliphatic heterocycles. The Balaban J connectivity index is 1.21. The molecule has 0 radical (unpaired) electrons. The zero-order valence-corrected chi connectivity index (χ0v) is 27.0. The second kappa shape index (κ2) is 13.2. The topological polar surface area (TPSA) is 109 Å². The molecule has 3 aromatic rings. The number of aryl methyl sites for hydroxylation is 1. The molecular weight excluding hydrogens is 590 g/mol. The molecule has 10 nitrogen and oxygen atoms in total. The summed E-state index contributed by atoms with van der Waals surface area (Å²) < 4.78 is 12.1. The summed E-state index contributed by atoms with van der Waals surface area (Å²) in [5.74, 6) is 0.190. The average molecular weight is 632 g/mol. The third-order valence-electron chi connectivity index (χ3n) is 10.3. The van der Waals surface area contributed by atoms with Crippen molar-refractivity contribution < 1.29 is 14.3 Å². The van der Waals surface area contributed by atoms with Gasteiger partial charge in [-0.15, -0.1) is 0 Å². The number of fused-ring (bicyclic) bond motifs is 4. The van der Waals surface area contributed by atoms with Crippen LogP contribution in [0.25, 0.3) is 10.8 Å². The molecule has 3 saturated heterocycles. The lowest BCUT2D eigenvalue weighted by molar-refractivity contribution is -0.128. The third kappa shape index (κ3) is 5.88. The second-order valence-electron chi connectivity index (χ2n) is 13.0. The number of rotatable bonds is 9. The van der Waals surface area contributed by atoms with Crippen LogP contribution in [0.2, 0.25) is 0 Å². The zero-order chi connectivity index (χ0) is 32.5. The molecule has 1 amide bonds. The molecule has 0 aliphatic carbocycles. The van der Waals surface area contributed by atoms with Crippen molar-refractivity contribution in [2.24, 2.45) is 0 Å². The van der Waals surface area contributed by atoms with Crippen LogP contribution in [0.3, 0.4) is 0 Å². The summed E-state index contributed by atoms with van der Waals surface area (Å²) >= 11 is 0. The number of aromatic nitrogens is 1. The van der Waals surface area contributed by atoms with E-state index in [4.69, 9.17) is 14.5 Å². The van der Waals surface area contributed by atoms with E-state index in [1.54, 1.807) is 4.90 Å². The Kier molecular flexibility index (Phi) is 8.72. The molecule has 3 atom stereocenters. The number of carbonyl (C=O) groups is 1. The molecule has 0 saturated carbocycles. The van der Waals surface area contributed by atoms with Crippen molar-refractivity contribution in [1.82, 2.24) is 14.8 Å². The van der Waals surface area contributed by atoms with Crippen molar-refractivity contribution >= 4 is 28.1 Å². The van der Waals surface area contributed by atoms with E-state index in [1.165, 1.54) is 28.1 Å². The number of pyridine rings is 1. The van der Waals surface area contributed by atoms with Crippen molar-refractivity contribution in [2.75, 3.05) is 62.3 Å². The van der Waals surface area contributed by atoms with Gasteiger partial charge in [0, 0.05) is 61.9 Å². The first-order valence-corrected chi connectivity index (χ1v) is 16.7. The second-order valence-corrected chi connectivity index (χ2v) is 13.0. The zero-order valence-electron chi connectivity index (χ0n) is 27.0. The SMILES string of the molecule is C=CC(=O)N1CCN(c2c(C#N)c(OCCCN3C[C@@H]4C[C@H]3CO4)nc3c2CCN(c2cccc4cccc(C)c24)C3)CC1CC#N. The highest BCUT2D eigenvalue weighted by molar-refractivity contribution is 5.97. The average Bonchev–Trinajstić information content (AvgIpc) is 3.73. The van der Waals surface area contributed by atoms with Crippen molar-refractivity contribution in [3.63, 3.8) is 0 Å². The quantitative estimate of drug-likeness (QED) is 0.252. The fourth-order valence-corrected chi connectivity index (χ4v) is 8.00. The number of ether oxygens (including phenoxy) is 2. The highest BCUT2D eigenvalue weighted by Gasteiger charge is 2.38. The third-order valence-corrected chi connectivity index (χ3v) is 10.3. The van der Waals surface area contributed by atoms with Crippen molar-refractivity contribution in [1.29, 1.82) is 10.5 Å². The Bertz CT molecular complexity index is 1770. The van der Waals surface area contributed by atoms with Crippen LogP contribution >= 0.6 is 0 Å². The number of hydrogen-bond acceptors (Lipinski definition) is 9. The van der Waals surface area contributed by atoms with Gasteiger partial charge < -0.3 is 24.2 Å². The molecule has 0 N–H and O–H groups in total. The Labute approximate surface area is 276 Å². The first-order chi connectivity index (χ1) is 23.0. The molecule has 4 aliphatic rings. The van der Waals surface area contributed by atoms with Crippen LogP contribution in [0.4, 0.5) is 11.4 Å². The molecule has 10 heteroatoms. The maximum absolute atomic E-state index is 12.7. The fraction of sp³-hybridized carbons (Fsp3) is 0.459. The number of nitriles is 2. The van der Waals surface area contributed by atoms with Crippen LogP contribution in [-0.4, -0.2) is 91.4 Å². The summed E-state index contributed by atoms with van der Waals surface area (Å²) in [4.78, 5) is 26.5. The molecule has 2 bridgehead atoms. The van der Waals surface area contributed by atoms with Gasteiger partial charge in [0.2, 0.25) is 11.8 Å². The largest absolute Gasteiger partial charge is 0.477 e. The Hall–Kier alpha value is -4.64. The number of benzene rings is 2. The summed E-state index contributed by atoms with van der Waals surface area (Å²) in [5, 5.41) is 22.7. The predicted octanol–water partition coefficient (Wildman–Crippen LogP) is 4.34. The molecule has 242 valence electrons. The molecule has 47 heavy (non-hydrogen) atoms. The molecule has 2 aromatic carbocycles. The van der Waals surface area contributed by atoms with Gasteiger partial charge in [-0.3, -0.25) is 9.69 Å². The van der Waals surface area contributed by atoms with Gasteiger partial charge in [-0.25, -0.2) is 4.98 Å². The van der Waals surface area contributed by atoms with Gasteiger partial charge >= 0.3 is 0 Å². The Morgan fingerprint density at radius 1 is 1.15 bits per heavy atom. The Morgan fingerprint density at radius 2 is 2.00 bits per heavy atom. The predicted molar refractivity (Wildman–Crippen MR) is 180 cm³/mol. The maximum atomic E-state index is 12.7. The number of amides is 1. The first-order valence-electron chi connectivity index (χ1n) is 16.7. The Morgan fingerprint density at radius 3 is 2.74 bits per heavy atom. The van der Waals surface area contributed by atoms with E-state index >= 15 is 0 Å². The van der Waals surface area contributed by atoms with E-state index in [-0.39, 0.29) is 18.4 Å². The van der Waals surface area contributed by atoms with E-state index in [2.05, 4.69) is 76.7 Å². The first kappa shape index (κ1) is 31.0. The van der Waals surface area contributed by atoms with E-state index in [9.17, 15) is 15.3 Å². The number of hydrogen-bond donors (Lipinski definition) is 0. The van der Waals surface area contributed by atoms with Gasteiger partial charge in [-0.1, -0.05) is 36.9 Å². The molecule has 7 rings (SSSR count). The van der Waals surface area contributed by atoms with E-state index in [0.29, 0.717) is 62.8 Å². The lowest BCUT2D eigenvalue weighted by Gasteiger charge is -2.43. The number of anilines is 2. The monoisotopic (exact) mass is 631 g/mol. The molecule has 1 unspecified atom stereocenters. The van der Waals surface area contributed by atoms with Crippen molar-refractivity contribution in [2.45, 2.75) is 57.3 Å². The normalized spacial score (nSPS) is 22.2. The summed E-state index contributed by atoms with van der Waals surface area (Å²) in [6.07, 6.45) is 4.52. The van der Waals surface area contributed by atoms with Gasteiger partial charge in [0.15, 0.2) is 0 Å². The minimum Gasteiger partial charge on any atom is -0.477 e. The summed E-state index contributed by atoms with van der Waals surface area (Å²) in [6.45, 7) is 11.8. The molecule has 5 heterocycles. The van der Waals surface area contributed by atoms with Crippen LogP contribution in [0.5, 0.6) is 5.88 Å². The number of nitrogens with zero attached hydrogens (tertiary/aromatic N) is 7. The van der Waals surface area contributed by atoms with Crippen LogP contribution in [0.15, 0.2) is 49.1 Å².